The molecule has 1 aromatic rings. The van der Waals surface area contributed by atoms with Gasteiger partial charge in [0.1, 0.15) is 5.56 Å². The number of amides is 1. The number of nitrogens with two attached hydrogens (primary N) is 1. The van der Waals surface area contributed by atoms with Gasteiger partial charge in [0.15, 0.2) is 23.3 Å². The second-order valence-corrected chi connectivity index (χ2v) is 4.55. The average molecular weight is 276 g/mol. The van der Waals surface area contributed by atoms with Crippen LogP contribution in [0.3, 0.4) is 0 Å². The van der Waals surface area contributed by atoms with Crippen LogP contribution < -0.4 is 11.1 Å². The molecule has 7 heteroatoms. The molecule has 0 saturated heterocycles. The fraction of sp³-hybridized carbons (Fsp3) is 0.417. The molecule has 104 valence electrons. The van der Waals surface area contributed by atoms with E-state index < -0.39 is 34.7 Å². The van der Waals surface area contributed by atoms with Gasteiger partial charge in [-0.3, -0.25) is 4.79 Å². The van der Waals surface area contributed by atoms with E-state index in [1.54, 1.807) is 0 Å². The van der Waals surface area contributed by atoms with Crippen LogP contribution in [0.25, 0.3) is 0 Å². The van der Waals surface area contributed by atoms with Crippen LogP contribution in [0.1, 0.15) is 23.2 Å². The van der Waals surface area contributed by atoms with Gasteiger partial charge in [0, 0.05) is 18.7 Å². The molecule has 19 heavy (non-hydrogen) atoms. The second-order valence-electron chi connectivity index (χ2n) is 4.55. The topological polar surface area (TPSA) is 55.1 Å². The van der Waals surface area contributed by atoms with Crippen LogP contribution in [-0.2, 0) is 0 Å². The number of halogens is 4. The Kier molecular flexibility index (Phi) is 3.75. The fourth-order valence-electron chi connectivity index (χ4n) is 1.76. The van der Waals surface area contributed by atoms with Gasteiger partial charge in [-0.1, -0.05) is 0 Å². The van der Waals surface area contributed by atoms with Crippen LogP contribution >= 0.6 is 0 Å². The molecule has 3 N–H and O–H groups in total. The first-order valence-electron chi connectivity index (χ1n) is 5.78. The first-order valence-corrected chi connectivity index (χ1v) is 5.78. The minimum absolute atomic E-state index is 0.000508. The van der Waals surface area contributed by atoms with Crippen molar-refractivity contribution in [1.82, 2.24) is 5.32 Å². The van der Waals surface area contributed by atoms with E-state index in [2.05, 4.69) is 5.32 Å². The number of benzene rings is 1. The number of carbonyl (C=O) groups is 1. The minimum atomic E-state index is -1.71. The molecule has 1 aliphatic rings. The second kappa shape index (κ2) is 5.16. The van der Waals surface area contributed by atoms with Crippen molar-refractivity contribution in [2.24, 2.45) is 11.7 Å². The Morgan fingerprint density at radius 3 is 2.26 bits per heavy atom. The Labute approximate surface area is 106 Å². The lowest BCUT2D eigenvalue weighted by Crippen LogP contribution is -2.39. The fourth-order valence-corrected chi connectivity index (χ4v) is 1.76. The van der Waals surface area contributed by atoms with Crippen molar-refractivity contribution in [3.8, 4) is 0 Å². The summed E-state index contributed by atoms with van der Waals surface area (Å²) in [5, 5.41) is 2.18. The SMILES string of the molecule is NC(CNC(=O)c1c(F)c(F)cc(F)c1F)C1CC1. The zero-order chi connectivity index (χ0) is 14.2. The summed E-state index contributed by atoms with van der Waals surface area (Å²) in [5.74, 6) is -7.59. The third kappa shape index (κ3) is 2.86. The van der Waals surface area contributed by atoms with E-state index >= 15 is 0 Å². The van der Waals surface area contributed by atoms with Crippen LogP contribution in [0.15, 0.2) is 6.07 Å². The van der Waals surface area contributed by atoms with Gasteiger partial charge in [-0.15, -0.1) is 0 Å². The van der Waals surface area contributed by atoms with Gasteiger partial charge in [-0.2, -0.15) is 0 Å². The van der Waals surface area contributed by atoms with Crippen molar-refractivity contribution < 1.29 is 22.4 Å². The van der Waals surface area contributed by atoms with E-state index in [-0.39, 0.29) is 24.6 Å². The highest BCUT2D eigenvalue weighted by Crippen LogP contribution is 2.31. The summed E-state index contributed by atoms with van der Waals surface area (Å²) in [6, 6.07) is -0.273. The Balaban J connectivity index is 2.14. The molecule has 0 aromatic heterocycles. The van der Waals surface area contributed by atoms with Crippen LogP contribution in [0.5, 0.6) is 0 Å². The van der Waals surface area contributed by atoms with E-state index in [1.165, 1.54) is 0 Å². The zero-order valence-electron chi connectivity index (χ0n) is 9.85. The highest BCUT2D eigenvalue weighted by atomic mass is 19.2. The lowest BCUT2D eigenvalue weighted by Gasteiger charge is -2.12. The predicted octanol–water partition coefficient (Wildman–Crippen LogP) is 1.71. The van der Waals surface area contributed by atoms with Gasteiger partial charge >= 0.3 is 0 Å². The number of rotatable bonds is 4. The molecule has 1 aromatic carbocycles. The largest absolute Gasteiger partial charge is 0.350 e. The molecule has 1 aliphatic carbocycles. The van der Waals surface area contributed by atoms with Crippen molar-refractivity contribution in [3.63, 3.8) is 0 Å². The summed E-state index contributed by atoms with van der Waals surface area (Å²) < 4.78 is 52.5. The molecule has 2 rings (SSSR count). The number of hydrogen-bond donors (Lipinski definition) is 2. The van der Waals surface area contributed by atoms with E-state index in [0.29, 0.717) is 0 Å². The summed E-state index contributed by atoms with van der Waals surface area (Å²) in [7, 11) is 0. The van der Waals surface area contributed by atoms with E-state index in [4.69, 9.17) is 5.73 Å². The van der Waals surface area contributed by atoms with Crippen LogP contribution in [0, 0.1) is 29.2 Å². The van der Waals surface area contributed by atoms with Crippen molar-refractivity contribution in [2.75, 3.05) is 6.54 Å². The van der Waals surface area contributed by atoms with Crippen molar-refractivity contribution in [3.05, 3.63) is 34.9 Å². The summed E-state index contributed by atoms with van der Waals surface area (Å²) in [5.41, 5.74) is 4.43. The Bertz CT molecular complexity index is 491. The summed E-state index contributed by atoms with van der Waals surface area (Å²) >= 11 is 0. The first kappa shape index (κ1) is 13.8. The van der Waals surface area contributed by atoms with Gasteiger partial charge in [-0.25, -0.2) is 17.6 Å². The van der Waals surface area contributed by atoms with Gasteiger partial charge in [0.05, 0.1) is 0 Å². The standard InChI is InChI=1S/C12H12F4N2O/c13-6-3-7(14)11(16)9(10(6)15)12(19)18-4-8(17)5-1-2-5/h3,5,8H,1-2,4,17H2,(H,18,19). The molecule has 0 heterocycles. The van der Waals surface area contributed by atoms with Crippen LogP contribution in [0.4, 0.5) is 17.6 Å². The molecular formula is C12H12F4N2O. The Hall–Kier alpha value is -1.63. The van der Waals surface area contributed by atoms with E-state index in [9.17, 15) is 22.4 Å². The maximum Gasteiger partial charge on any atom is 0.257 e. The molecule has 3 nitrogen and oxygen atoms in total. The summed E-state index contributed by atoms with van der Waals surface area (Å²) in [6.45, 7) is 0.000508. The molecule has 0 radical (unpaired) electrons. The van der Waals surface area contributed by atoms with Crippen LogP contribution in [-0.4, -0.2) is 18.5 Å². The third-order valence-corrected chi connectivity index (χ3v) is 3.06. The Morgan fingerprint density at radius 2 is 1.79 bits per heavy atom. The molecule has 1 amide bonds. The first-order chi connectivity index (χ1) is 8.91. The van der Waals surface area contributed by atoms with Gasteiger partial charge < -0.3 is 11.1 Å². The van der Waals surface area contributed by atoms with E-state index in [1.807, 2.05) is 0 Å². The van der Waals surface area contributed by atoms with Crippen molar-refractivity contribution in [2.45, 2.75) is 18.9 Å². The average Bonchev–Trinajstić information content (AvgIpc) is 3.18. The summed E-state index contributed by atoms with van der Waals surface area (Å²) in [6.07, 6.45) is 1.88. The molecule has 1 unspecified atom stereocenters. The molecule has 0 spiro atoms. The predicted molar refractivity (Wildman–Crippen MR) is 59.3 cm³/mol. The van der Waals surface area contributed by atoms with Crippen molar-refractivity contribution in [1.29, 1.82) is 0 Å². The number of nitrogens with one attached hydrogen (secondary N) is 1. The molecule has 1 atom stereocenters. The van der Waals surface area contributed by atoms with Gasteiger partial charge in [0.2, 0.25) is 0 Å². The monoisotopic (exact) mass is 276 g/mol. The normalized spacial score (nSPS) is 16.3. The zero-order valence-corrected chi connectivity index (χ0v) is 9.85. The maximum absolute atomic E-state index is 13.3. The highest BCUT2D eigenvalue weighted by molar-refractivity contribution is 5.94. The lowest BCUT2D eigenvalue weighted by atomic mass is 10.1. The number of hydrogen-bond acceptors (Lipinski definition) is 2. The lowest BCUT2D eigenvalue weighted by molar-refractivity contribution is 0.0939. The molecule has 1 saturated carbocycles. The Morgan fingerprint density at radius 1 is 1.26 bits per heavy atom. The molecule has 0 bridgehead atoms. The minimum Gasteiger partial charge on any atom is -0.350 e. The molecule has 0 aliphatic heterocycles. The highest BCUT2D eigenvalue weighted by Gasteiger charge is 2.30. The van der Waals surface area contributed by atoms with E-state index in [0.717, 1.165) is 12.8 Å². The maximum atomic E-state index is 13.3. The van der Waals surface area contributed by atoms with Crippen molar-refractivity contribution >= 4 is 5.91 Å². The molecular weight excluding hydrogens is 264 g/mol. The molecule has 1 fully saturated rings. The number of carbonyl (C=O) groups excluding carboxylic acids is 1. The smallest absolute Gasteiger partial charge is 0.257 e. The van der Waals surface area contributed by atoms with Gasteiger partial charge in [0.25, 0.3) is 5.91 Å². The third-order valence-electron chi connectivity index (χ3n) is 3.06. The quantitative estimate of drug-likeness (QED) is 0.649. The summed E-state index contributed by atoms with van der Waals surface area (Å²) in [4.78, 5) is 11.6. The van der Waals surface area contributed by atoms with Gasteiger partial charge in [-0.05, 0) is 18.8 Å². The van der Waals surface area contributed by atoms with Crippen LogP contribution in [0.2, 0.25) is 0 Å².